The molecule has 2 rings (SSSR count). The van der Waals surface area contributed by atoms with Gasteiger partial charge in [0.15, 0.2) is 0 Å². The molecule has 4 heteroatoms. The van der Waals surface area contributed by atoms with Gasteiger partial charge in [0, 0.05) is 6.92 Å². The maximum atomic E-state index is 9.99. The Labute approximate surface area is 120 Å². The lowest BCUT2D eigenvalue weighted by Crippen LogP contribution is -2.01. The maximum Gasteiger partial charge on any atom is 0.300 e. The van der Waals surface area contributed by atoms with E-state index in [1.54, 1.807) is 24.3 Å². The summed E-state index contributed by atoms with van der Waals surface area (Å²) in [5.41, 5.74) is 0.913. The number of rotatable bonds is 4. The molecule has 1 aliphatic rings. The van der Waals surface area contributed by atoms with E-state index in [4.69, 9.17) is 15.0 Å². The van der Waals surface area contributed by atoms with Gasteiger partial charge in [-0.05, 0) is 36.5 Å². The number of aliphatic hydroxyl groups excluding tert-OH is 1. The number of hydrogen-bond acceptors (Lipinski definition) is 3. The number of aromatic hydroxyl groups is 1. The van der Waals surface area contributed by atoms with Gasteiger partial charge in [0.25, 0.3) is 5.97 Å². The van der Waals surface area contributed by atoms with Crippen LogP contribution in [0.4, 0.5) is 0 Å². The molecule has 1 aromatic carbocycles. The number of benzene rings is 1. The van der Waals surface area contributed by atoms with E-state index in [0.717, 1.165) is 31.2 Å². The maximum absolute atomic E-state index is 9.99. The van der Waals surface area contributed by atoms with Gasteiger partial charge < -0.3 is 15.3 Å². The lowest BCUT2D eigenvalue weighted by Gasteiger charge is -2.14. The number of phenolic OH excluding ortho intramolecular Hbond substituents is 1. The summed E-state index contributed by atoms with van der Waals surface area (Å²) in [5, 5.41) is 26.6. The minimum Gasteiger partial charge on any atom is -0.508 e. The van der Waals surface area contributed by atoms with Crippen LogP contribution in [0.1, 0.15) is 57.1 Å². The minimum atomic E-state index is -0.833. The van der Waals surface area contributed by atoms with E-state index in [9.17, 15) is 5.11 Å². The normalized spacial score (nSPS) is 16.3. The van der Waals surface area contributed by atoms with E-state index in [-0.39, 0.29) is 11.9 Å². The molecule has 4 nitrogen and oxygen atoms in total. The van der Waals surface area contributed by atoms with E-state index >= 15 is 0 Å². The lowest BCUT2D eigenvalue weighted by molar-refractivity contribution is -0.134. The van der Waals surface area contributed by atoms with Crippen molar-refractivity contribution < 1.29 is 20.1 Å². The van der Waals surface area contributed by atoms with Gasteiger partial charge in [0.1, 0.15) is 5.75 Å². The highest BCUT2D eigenvalue weighted by Crippen LogP contribution is 2.31. The minimum absolute atomic E-state index is 0.256. The van der Waals surface area contributed by atoms with Crippen molar-refractivity contribution in [3.63, 3.8) is 0 Å². The van der Waals surface area contributed by atoms with Crippen LogP contribution in [0.25, 0.3) is 0 Å². The van der Waals surface area contributed by atoms with Crippen LogP contribution in [-0.4, -0.2) is 21.3 Å². The summed E-state index contributed by atoms with van der Waals surface area (Å²) in [5.74, 6) is 0.249. The molecule has 1 atom stereocenters. The van der Waals surface area contributed by atoms with Crippen LogP contribution in [0.2, 0.25) is 0 Å². The van der Waals surface area contributed by atoms with Crippen molar-refractivity contribution in [3.8, 4) is 5.75 Å². The van der Waals surface area contributed by atoms with E-state index in [1.807, 2.05) is 0 Å². The van der Waals surface area contributed by atoms with E-state index in [2.05, 4.69) is 0 Å². The molecule has 0 heterocycles. The molecule has 1 unspecified atom stereocenters. The molecule has 0 saturated heterocycles. The highest BCUT2D eigenvalue weighted by molar-refractivity contribution is 5.62. The zero-order chi connectivity index (χ0) is 15.0. The van der Waals surface area contributed by atoms with Crippen molar-refractivity contribution in [3.05, 3.63) is 29.8 Å². The van der Waals surface area contributed by atoms with Gasteiger partial charge in [0.05, 0.1) is 6.10 Å². The summed E-state index contributed by atoms with van der Waals surface area (Å²) in [7, 11) is 0. The van der Waals surface area contributed by atoms with Crippen LogP contribution in [-0.2, 0) is 4.79 Å². The quantitative estimate of drug-likeness (QED) is 0.789. The smallest absolute Gasteiger partial charge is 0.300 e. The van der Waals surface area contributed by atoms with Crippen LogP contribution in [0.5, 0.6) is 5.75 Å². The highest BCUT2D eigenvalue weighted by atomic mass is 16.4. The molecule has 112 valence electrons. The largest absolute Gasteiger partial charge is 0.508 e. The number of phenols is 1. The molecule has 0 radical (unpaired) electrons. The second-order valence-electron chi connectivity index (χ2n) is 5.35. The Morgan fingerprint density at radius 2 is 1.75 bits per heavy atom. The van der Waals surface area contributed by atoms with E-state index in [0.29, 0.717) is 0 Å². The van der Waals surface area contributed by atoms with Gasteiger partial charge in [-0.1, -0.05) is 37.8 Å². The third kappa shape index (κ3) is 6.57. The molecule has 0 aliphatic heterocycles. The van der Waals surface area contributed by atoms with Crippen LogP contribution in [0.3, 0.4) is 0 Å². The lowest BCUT2D eigenvalue weighted by atomic mass is 9.96. The Hall–Kier alpha value is -1.55. The number of carbonyl (C=O) groups is 1. The fourth-order valence-electron chi connectivity index (χ4n) is 2.56. The van der Waals surface area contributed by atoms with E-state index < -0.39 is 5.97 Å². The first-order valence-electron chi connectivity index (χ1n) is 7.15. The Bertz CT molecular complexity index is 389. The van der Waals surface area contributed by atoms with Gasteiger partial charge in [-0.2, -0.15) is 0 Å². The second-order valence-corrected chi connectivity index (χ2v) is 5.35. The van der Waals surface area contributed by atoms with Gasteiger partial charge in [-0.3, -0.25) is 4.79 Å². The molecule has 0 spiro atoms. The summed E-state index contributed by atoms with van der Waals surface area (Å²) in [6.45, 7) is 1.08. The van der Waals surface area contributed by atoms with Crippen molar-refractivity contribution in [1.82, 2.24) is 0 Å². The summed E-state index contributed by atoms with van der Waals surface area (Å²) in [6.07, 6.45) is 6.99. The standard InChI is InChI=1S/C14H20O2.C2H4O2/c15-13-8-6-12(7-9-13)14(16)10-5-11-3-1-2-4-11;1-2(3)4/h6-9,11,14-16H,1-5,10H2;1H3,(H,3,4). The van der Waals surface area contributed by atoms with Gasteiger partial charge in [-0.15, -0.1) is 0 Å². The number of carboxylic acid groups (broad SMARTS) is 1. The molecule has 0 bridgehead atoms. The third-order valence-corrected chi connectivity index (χ3v) is 3.60. The number of aliphatic hydroxyl groups is 1. The molecule has 20 heavy (non-hydrogen) atoms. The summed E-state index contributed by atoms with van der Waals surface area (Å²) >= 11 is 0. The molecular weight excluding hydrogens is 256 g/mol. The monoisotopic (exact) mass is 280 g/mol. The van der Waals surface area contributed by atoms with Crippen molar-refractivity contribution in [2.24, 2.45) is 5.92 Å². The van der Waals surface area contributed by atoms with E-state index in [1.165, 1.54) is 25.7 Å². The molecule has 1 aliphatic carbocycles. The molecule has 3 N–H and O–H groups in total. The van der Waals surface area contributed by atoms with Crippen molar-refractivity contribution in [1.29, 1.82) is 0 Å². The third-order valence-electron chi connectivity index (χ3n) is 3.60. The Balaban J connectivity index is 0.000000444. The predicted molar refractivity (Wildman–Crippen MR) is 77.6 cm³/mol. The summed E-state index contributed by atoms with van der Waals surface area (Å²) in [4.78, 5) is 9.00. The molecular formula is C16H24O4. The first kappa shape index (κ1) is 16.5. The van der Waals surface area contributed by atoms with Crippen LogP contribution < -0.4 is 0 Å². The number of aliphatic carboxylic acids is 1. The van der Waals surface area contributed by atoms with Gasteiger partial charge >= 0.3 is 0 Å². The zero-order valence-corrected chi connectivity index (χ0v) is 12.0. The highest BCUT2D eigenvalue weighted by Gasteiger charge is 2.17. The van der Waals surface area contributed by atoms with Crippen molar-refractivity contribution in [2.75, 3.05) is 0 Å². The fraction of sp³-hybridized carbons (Fsp3) is 0.562. The first-order chi connectivity index (χ1) is 9.49. The second kappa shape index (κ2) is 8.59. The Morgan fingerprint density at radius 1 is 1.25 bits per heavy atom. The fourth-order valence-corrected chi connectivity index (χ4v) is 2.56. The summed E-state index contributed by atoms with van der Waals surface area (Å²) < 4.78 is 0. The SMILES string of the molecule is CC(=O)O.Oc1ccc(C(O)CCC2CCCC2)cc1. The Morgan fingerprint density at radius 3 is 2.25 bits per heavy atom. The number of hydrogen-bond donors (Lipinski definition) is 3. The van der Waals surface area contributed by atoms with Crippen LogP contribution in [0.15, 0.2) is 24.3 Å². The topological polar surface area (TPSA) is 77.8 Å². The average Bonchev–Trinajstić information content (AvgIpc) is 2.89. The molecule has 1 fully saturated rings. The van der Waals surface area contributed by atoms with Gasteiger partial charge in [0.2, 0.25) is 0 Å². The van der Waals surface area contributed by atoms with Crippen molar-refractivity contribution in [2.45, 2.75) is 51.6 Å². The molecule has 1 aromatic rings. The van der Waals surface area contributed by atoms with Gasteiger partial charge in [-0.25, -0.2) is 0 Å². The number of carboxylic acids is 1. The molecule has 1 saturated carbocycles. The molecule has 0 amide bonds. The average molecular weight is 280 g/mol. The zero-order valence-electron chi connectivity index (χ0n) is 12.0. The predicted octanol–water partition coefficient (Wildman–Crippen LogP) is 3.49. The summed E-state index contributed by atoms with van der Waals surface area (Å²) in [6, 6.07) is 6.87. The van der Waals surface area contributed by atoms with Crippen molar-refractivity contribution >= 4 is 5.97 Å². The first-order valence-corrected chi connectivity index (χ1v) is 7.15. The Kier molecular flexibility index (Phi) is 7.09. The van der Waals surface area contributed by atoms with Crippen LogP contribution in [0, 0.1) is 5.92 Å². The van der Waals surface area contributed by atoms with Crippen LogP contribution >= 0.6 is 0 Å². The molecule has 0 aromatic heterocycles.